The molecule has 3 rings (SSSR count). The Morgan fingerprint density at radius 3 is 3.27 bits per heavy atom. The number of rotatable bonds is 5. The van der Waals surface area contributed by atoms with Gasteiger partial charge in [-0.05, 0) is 24.3 Å². The summed E-state index contributed by atoms with van der Waals surface area (Å²) in [4.78, 5) is 28.5. The van der Waals surface area contributed by atoms with Crippen molar-refractivity contribution >= 4 is 39.2 Å². The van der Waals surface area contributed by atoms with Crippen LogP contribution >= 0.6 is 23.1 Å². The number of nitrogens with zero attached hydrogens (tertiary/aromatic N) is 2. The SMILES string of the molecule is Cn1c(SCC(=O)NC[C@@H]2CCCO2)nc2ccsc2c1=O. The van der Waals surface area contributed by atoms with Gasteiger partial charge in [0.25, 0.3) is 5.56 Å². The smallest absolute Gasteiger partial charge is 0.271 e. The Labute approximate surface area is 135 Å². The Hall–Kier alpha value is -1.38. The highest BCUT2D eigenvalue weighted by molar-refractivity contribution is 7.99. The molecule has 118 valence electrons. The number of thiophene rings is 1. The molecule has 1 aliphatic rings. The van der Waals surface area contributed by atoms with E-state index >= 15 is 0 Å². The molecule has 0 saturated carbocycles. The zero-order valence-corrected chi connectivity index (χ0v) is 13.8. The molecule has 2 aromatic rings. The molecule has 22 heavy (non-hydrogen) atoms. The number of thioether (sulfide) groups is 1. The highest BCUT2D eigenvalue weighted by atomic mass is 32.2. The summed E-state index contributed by atoms with van der Waals surface area (Å²) in [6.07, 6.45) is 2.19. The number of hydrogen-bond acceptors (Lipinski definition) is 6. The van der Waals surface area contributed by atoms with E-state index in [0.29, 0.717) is 21.9 Å². The lowest BCUT2D eigenvalue weighted by molar-refractivity contribution is -0.119. The van der Waals surface area contributed by atoms with Gasteiger partial charge in [-0.2, -0.15) is 0 Å². The first-order valence-corrected chi connectivity index (χ1v) is 8.97. The molecule has 1 saturated heterocycles. The lowest BCUT2D eigenvalue weighted by Crippen LogP contribution is -2.33. The largest absolute Gasteiger partial charge is 0.376 e. The van der Waals surface area contributed by atoms with Crippen LogP contribution in [0, 0.1) is 0 Å². The summed E-state index contributed by atoms with van der Waals surface area (Å²) in [5.74, 6) is 0.169. The molecule has 1 aliphatic heterocycles. The summed E-state index contributed by atoms with van der Waals surface area (Å²) in [6.45, 7) is 1.33. The van der Waals surface area contributed by atoms with Gasteiger partial charge in [-0.15, -0.1) is 11.3 Å². The normalized spacial score (nSPS) is 18.0. The second kappa shape index (κ2) is 6.80. The lowest BCUT2D eigenvalue weighted by atomic mass is 10.2. The van der Waals surface area contributed by atoms with Gasteiger partial charge in [-0.25, -0.2) is 4.98 Å². The van der Waals surface area contributed by atoms with Crippen molar-refractivity contribution in [2.45, 2.75) is 24.1 Å². The maximum Gasteiger partial charge on any atom is 0.271 e. The third kappa shape index (κ3) is 3.34. The molecular weight excluding hydrogens is 322 g/mol. The van der Waals surface area contributed by atoms with Crippen molar-refractivity contribution in [3.63, 3.8) is 0 Å². The van der Waals surface area contributed by atoms with Crippen LogP contribution in [0.3, 0.4) is 0 Å². The van der Waals surface area contributed by atoms with Gasteiger partial charge >= 0.3 is 0 Å². The molecule has 0 aromatic carbocycles. The van der Waals surface area contributed by atoms with Crippen LogP contribution in [0.15, 0.2) is 21.4 Å². The van der Waals surface area contributed by atoms with Crippen LogP contribution in [0.4, 0.5) is 0 Å². The fraction of sp³-hybridized carbons (Fsp3) is 0.500. The number of amides is 1. The van der Waals surface area contributed by atoms with Gasteiger partial charge in [0.1, 0.15) is 4.70 Å². The van der Waals surface area contributed by atoms with Gasteiger partial charge < -0.3 is 10.1 Å². The average molecular weight is 339 g/mol. The number of carbonyl (C=O) groups excluding carboxylic acids is 1. The number of carbonyl (C=O) groups is 1. The predicted molar refractivity (Wildman–Crippen MR) is 87.6 cm³/mol. The van der Waals surface area contributed by atoms with E-state index in [1.165, 1.54) is 27.7 Å². The molecule has 0 radical (unpaired) electrons. The fourth-order valence-corrected chi connectivity index (χ4v) is 3.92. The van der Waals surface area contributed by atoms with Crippen LogP contribution < -0.4 is 10.9 Å². The molecule has 6 nitrogen and oxygen atoms in total. The molecule has 8 heteroatoms. The van der Waals surface area contributed by atoms with E-state index in [9.17, 15) is 9.59 Å². The molecule has 3 heterocycles. The number of nitrogens with one attached hydrogen (secondary N) is 1. The second-order valence-electron chi connectivity index (χ2n) is 5.12. The average Bonchev–Trinajstić information content (AvgIpc) is 3.18. The highest BCUT2D eigenvalue weighted by Crippen LogP contribution is 2.20. The Bertz CT molecular complexity index is 734. The minimum Gasteiger partial charge on any atom is -0.376 e. The zero-order valence-electron chi connectivity index (χ0n) is 12.2. The summed E-state index contributed by atoms with van der Waals surface area (Å²) in [5, 5.41) is 5.27. The van der Waals surface area contributed by atoms with Crippen LogP contribution in [-0.2, 0) is 16.6 Å². The first kappa shape index (κ1) is 15.5. The van der Waals surface area contributed by atoms with Gasteiger partial charge in [0.05, 0.1) is 17.4 Å². The number of ether oxygens (including phenoxy) is 1. The fourth-order valence-electron chi connectivity index (χ4n) is 2.31. The van der Waals surface area contributed by atoms with Crippen molar-refractivity contribution < 1.29 is 9.53 Å². The minimum absolute atomic E-state index is 0.0673. The van der Waals surface area contributed by atoms with E-state index in [-0.39, 0.29) is 23.3 Å². The Morgan fingerprint density at radius 1 is 1.64 bits per heavy atom. The third-order valence-corrected chi connectivity index (χ3v) is 5.45. The first-order valence-electron chi connectivity index (χ1n) is 7.10. The van der Waals surface area contributed by atoms with E-state index in [1.807, 2.05) is 11.4 Å². The standard InChI is InChI=1S/C14H17N3O3S2/c1-17-13(19)12-10(4-6-21-12)16-14(17)22-8-11(18)15-7-9-3-2-5-20-9/h4,6,9H,2-3,5,7-8H2,1H3,(H,15,18)/t9-/m0/s1. The third-order valence-electron chi connectivity index (χ3n) is 3.53. The molecule has 2 aromatic heterocycles. The van der Waals surface area contributed by atoms with E-state index in [4.69, 9.17) is 4.74 Å². The van der Waals surface area contributed by atoms with Gasteiger partial charge in [0.2, 0.25) is 5.91 Å². The van der Waals surface area contributed by atoms with Crippen molar-refractivity contribution in [3.8, 4) is 0 Å². The minimum atomic E-state index is -0.0693. The summed E-state index contributed by atoms with van der Waals surface area (Å²) >= 11 is 2.66. The Kier molecular flexibility index (Phi) is 4.80. The lowest BCUT2D eigenvalue weighted by Gasteiger charge is -2.11. The van der Waals surface area contributed by atoms with Crippen LogP contribution in [0.2, 0.25) is 0 Å². The summed E-state index contributed by atoms with van der Waals surface area (Å²) in [6, 6.07) is 1.82. The maximum atomic E-state index is 12.2. The highest BCUT2D eigenvalue weighted by Gasteiger charge is 2.17. The molecule has 1 N–H and O–H groups in total. The molecule has 1 fully saturated rings. The molecule has 1 atom stereocenters. The molecule has 1 amide bonds. The van der Waals surface area contributed by atoms with Crippen molar-refractivity contribution in [3.05, 3.63) is 21.8 Å². The van der Waals surface area contributed by atoms with Crippen LogP contribution in [0.25, 0.3) is 10.2 Å². The Balaban J connectivity index is 1.59. The summed E-state index contributed by atoms with van der Waals surface area (Å²) < 4.78 is 7.61. The van der Waals surface area contributed by atoms with Gasteiger partial charge in [0.15, 0.2) is 5.16 Å². The van der Waals surface area contributed by atoms with Crippen molar-refractivity contribution in [2.75, 3.05) is 18.9 Å². The van der Waals surface area contributed by atoms with Crippen LogP contribution in [-0.4, -0.2) is 40.5 Å². The zero-order chi connectivity index (χ0) is 15.5. The molecular formula is C14H17N3O3S2. The second-order valence-corrected chi connectivity index (χ2v) is 6.98. The van der Waals surface area contributed by atoms with Gasteiger partial charge in [0, 0.05) is 20.2 Å². The summed E-state index contributed by atoms with van der Waals surface area (Å²) in [5.41, 5.74) is 0.623. The van der Waals surface area contributed by atoms with Crippen molar-refractivity contribution in [1.82, 2.24) is 14.9 Å². The van der Waals surface area contributed by atoms with Gasteiger partial charge in [-0.3, -0.25) is 14.2 Å². The van der Waals surface area contributed by atoms with Crippen LogP contribution in [0.1, 0.15) is 12.8 Å². The number of hydrogen-bond donors (Lipinski definition) is 1. The quantitative estimate of drug-likeness (QED) is 0.658. The van der Waals surface area contributed by atoms with Crippen LogP contribution in [0.5, 0.6) is 0 Å². The number of aromatic nitrogens is 2. The predicted octanol–water partition coefficient (Wildman–Crippen LogP) is 1.38. The molecule has 0 spiro atoms. The first-order chi connectivity index (χ1) is 10.6. The monoisotopic (exact) mass is 339 g/mol. The maximum absolute atomic E-state index is 12.2. The van der Waals surface area contributed by atoms with Crippen molar-refractivity contribution in [2.24, 2.45) is 7.05 Å². The van der Waals surface area contributed by atoms with E-state index < -0.39 is 0 Å². The van der Waals surface area contributed by atoms with E-state index in [0.717, 1.165) is 19.4 Å². The molecule has 0 bridgehead atoms. The molecule has 0 aliphatic carbocycles. The topological polar surface area (TPSA) is 73.2 Å². The van der Waals surface area contributed by atoms with Crippen molar-refractivity contribution in [1.29, 1.82) is 0 Å². The van der Waals surface area contributed by atoms with Gasteiger partial charge in [-0.1, -0.05) is 11.8 Å². The Morgan fingerprint density at radius 2 is 2.50 bits per heavy atom. The summed E-state index contributed by atoms with van der Waals surface area (Å²) in [7, 11) is 1.68. The number of fused-ring (bicyclic) bond motifs is 1. The van der Waals surface area contributed by atoms with E-state index in [2.05, 4.69) is 10.3 Å². The molecule has 0 unspecified atom stereocenters. The van der Waals surface area contributed by atoms with E-state index in [1.54, 1.807) is 7.05 Å².